The Morgan fingerprint density at radius 2 is 1.83 bits per heavy atom. The third kappa shape index (κ3) is 6.73. The first-order chi connectivity index (χ1) is 22.1. The molecule has 3 aromatic heterocycles. The van der Waals surface area contributed by atoms with E-state index in [1.165, 1.54) is 0 Å². The van der Waals surface area contributed by atoms with Crippen molar-refractivity contribution in [3.05, 3.63) is 89.9 Å². The van der Waals surface area contributed by atoms with Crippen LogP contribution in [0.5, 0.6) is 11.6 Å². The van der Waals surface area contributed by atoms with Crippen LogP contribution in [0.1, 0.15) is 41.3 Å². The molecule has 1 aliphatic rings. The highest BCUT2D eigenvalue weighted by molar-refractivity contribution is 7.89. The highest BCUT2D eigenvalue weighted by Gasteiger charge is 2.24. The summed E-state index contributed by atoms with van der Waals surface area (Å²) in [5.41, 5.74) is 6.33. The quantitative estimate of drug-likeness (QED) is 0.213. The van der Waals surface area contributed by atoms with Gasteiger partial charge in [0, 0.05) is 67.3 Å². The molecule has 6 rings (SSSR count). The predicted molar refractivity (Wildman–Crippen MR) is 180 cm³/mol. The fourth-order valence-electron chi connectivity index (χ4n) is 5.67. The third-order valence-electron chi connectivity index (χ3n) is 8.28. The Morgan fingerprint density at radius 3 is 2.54 bits per heavy atom. The van der Waals surface area contributed by atoms with Crippen LogP contribution >= 0.6 is 0 Å². The molecule has 0 radical (unpaired) electrons. The van der Waals surface area contributed by atoms with E-state index in [2.05, 4.69) is 19.9 Å². The summed E-state index contributed by atoms with van der Waals surface area (Å²) in [7, 11) is -1.31. The van der Waals surface area contributed by atoms with Gasteiger partial charge in [0.25, 0.3) is 5.91 Å². The molecule has 46 heavy (non-hydrogen) atoms. The lowest BCUT2D eigenvalue weighted by atomic mass is 10.0. The van der Waals surface area contributed by atoms with Gasteiger partial charge in [-0.15, -0.1) is 0 Å². The Morgan fingerprint density at radius 1 is 1.02 bits per heavy atom. The molecule has 0 saturated carbocycles. The van der Waals surface area contributed by atoms with E-state index < -0.39 is 10.0 Å². The lowest BCUT2D eigenvalue weighted by molar-refractivity contribution is 0.102. The van der Waals surface area contributed by atoms with Gasteiger partial charge < -0.3 is 19.5 Å². The predicted octanol–water partition coefficient (Wildman–Crippen LogP) is 5.60. The van der Waals surface area contributed by atoms with Crippen LogP contribution in [0, 0.1) is 13.8 Å². The number of fused-ring (bicyclic) bond motifs is 1. The summed E-state index contributed by atoms with van der Waals surface area (Å²) in [5.74, 6) is 1.22. The van der Waals surface area contributed by atoms with Crippen molar-refractivity contribution < 1.29 is 17.9 Å². The number of hydrogen-bond acceptors (Lipinski definition) is 8. The Balaban J connectivity index is 1.17. The van der Waals surface area contributed by atoms with Crippen molar-refractivity contribution in [3.63, 3.8) is 0 Å². The van der Waals surface area contributed by atoms with Gasteiger partial charge in [-0.25, -0.2) is 18.1 Å². The second kappa shape index (κ2) is 12.9. The smallest absolute Gasteiger partial charge is 0.255 e. The third-order valence-corrected chi connectivity index (χ3v) is 9.73. The minimum absolute atomic E-state index is 0.0421. The number of sulfonamides is 1. The molecule has 1 amide bonds. The Bertz CT molecular complexity index is 2000. The Kier molecular flexibility index (Phi) is 8.74. The van der Waals surface area contributed by atoms with Crippen LogP contribution in [0.4, 0.5) is 11.4 Å². The van der Waals surface area contributed by atoms with Crippen LogP contribution in [0.15, 0.2) is 73.2 Å². The summed E-state index contributed by atoms with van der Waals surface area (Å²) in [4.78, 5) is 29.3. The van der Waals surface area contributed by atoms with E-state index in [4.69, 9.17) is 14.7 Å². The van der Waals surface area contributed by atoms with Gasteiger partial charge in [-0.2, -0.15) is 4.98 Å². The number of carbonyl (C=O) groups is 1. The van der Waals surface area contributed by atoms with Crippen LogP contribution < -0.4 is 19.7 Å². The number of ether oxygens (including phenoxy) is 1. The number of aromatic nitrogens is 4. The molecule has 0 atom stereocenters. The molecule has 2 N–H and O–H groups in total. The highest BCUT2D eigenvalue weighted by atomic mass is 32.2. The molecule has 0 bridgehead atoms. The largest absolute Gasteiger partial charge is 0.437 e. The number of nitrogens with zero attached hydrogens (tertiary/aromatic N) is 5. The lowest BCUT2D eigenvalue weighted by Crippen LogP contribution is -2.45. The fourth-order valence-corrected chi connectivity index (χ4v) is 6.58. The standard InChI is InChI=1S/C34H37N7O4S/c1-5-46(43,44)39-26-12-17-41(18-13-26)29-11-10-27(19-23(29)3)36-33(42)24-9-8-22(2)30(20-24)45-34-31-28(14-16-40(31)4)37-32(38-34)25-7-6-15-35-21-25/h6-11,14-16,19-21,26,39H,5,12-13,17-18H2,1-4H3,(H,36,42). The van der Waals surface area contributed by atoms with Gasteiger partial charge in [0.15, 0.2) is 5.82 Å². The van der Waals surface area contributed by atoms with E-state index in [9.17, 15) is 13.2 Å². The van der Waals surface area contributed by atoms with Crippen molar-refractivity contribution in [1.82, 2.24) is 24.2 Å². The normalized spacial score (nSPS) is 14.0. The maximum atomic E-state index is 13.4. The molecule has 4 heterocycles. The SMILES string of the molecule is CCS(=O)(=O)NC1CCN(c2ccc(NC(=O)c3ccc(C)c(Oc4nc(-c5cccnc5)nc5ccn(C)c45)c3)cc2C)CC1. The van der Waals surface area contributed by atoms with E-state index in [0.29, 0.717) is 28.7 Å². The molecule has 11 nitrogen and oxygen atoms in total. The molecule has 0 aliphatic carbocycles. The number of hydrogen-bond donors (Lipinski definition) is 2. The topological polar surface area (TPSA) is 131 Å². The number of piperidine rings is 1. The molecule has 1 aliphatic heterocycles. The molecule has 0 unspecified atom stereocenters. The van der Waals surface area contributed by atoms with Crippen molar-refractivity contribution in [3.8, 4) is 23.0 Å². The van der Waals surface area contributed by atoms with Gasteiger partial charge in [-0.3, -0.25) is 9.78 Å². The van der Waals surface area contributed by atoms with Gasteiger partial charge in [-0.05, 0) is 93.3 Å². The second-order valence-corrected chi connectivity index (χ2v) is 13.6. The minimum atomic E-state index is -3.22. The monoisotopic (exact) mass is 639 g/mol. The molecule has 238 valence electrons. The van der Waals surface area contributed by atoms with Gasteiger partial charge >= 0.3 is 0 Å². The Hall–Kier alpha value is -4.81. The van der Waals surface area contributed by atoms with Gasteiger partial charge in [0.2, 0.25) is 15.9 Å². The zero-order valence-corrected chi connectivity index (χ0v) is 27.1. The molecule has 2 aromatic carbocycles. The highest BCUT2D eigenvalue weighted by Crippen LogP contribution is 2.33. The first-order valence-electron chi connectivity index (χ1n) is 15.3. The van der Waals surface area contributed by atoms with E-state index >= 15 is 0 Å². The van der Waals surface area contributed by atoms with E-state index in [1.807, 2.05) is 74.1 Å². The number of rotatable bonds is 9. The first-order valence-corrected chi connectivity index (χ1v) is 16.9. The maximum Gasteiger partial charge on any atom is 0.255 e. The van der Waals surface area contributed by atoms with Crippen molar-refractivity contribution in [2.75, 3.05) is 29.1 Å². The first kappa shape index (κ1) is 31.2. The van der Waals surface area contributed by atoms with Gasteiger partial charge in [0.1, 0.15) is 11.3 Å². The summed E-state index contributed by atoms with van der Waals surface area (Å²) in [6, 6.07) is 16.8. The zero-order chi connectivity index (χ0) is 32.4. The number of anilines is 2. The van der Waals surface area contributed by atoms with Crippen molar-refractivity contribution in [2.24, 2.45) is 7.05 Å². The van der Waals surface area contributed by atoms with E-state index in [1.54, 1.807) is 31.5 Å². The number of carbonyl (C=O) groups excluding carboxylic acids is 1. The molecule has 1 fully saturated rings. The van der Waals surface area contributed by atoms with Crippen LogP contribution in [0.3, 0.4) is 0 Å². The van der Waals surface area contributed by atoms with Crippen LogP contribution in [0.2, 0.25) is 0 Å². The zero-order valence-electron chi connectivity index (χ0n) is 26.3. The van der Waals surface area contributed by atoms with Gasteiger partial charge in [0.05, 0.1) is 11.3 Å². The summed E-state index contributed by atoms with van der Waals surface area (Å²) < 4.78 is 35.0. The van der Waals surface area contributed by atoms with Crippen LogP contribution in [-0.2, 0) is 17.1 Å². The second-order valence-electron chi connectivity index (χ2n) is 11.6. The summed E-state index contributed by atoms with van der Waals surface area (Å²) in [5, 5.41) is 3.02. The van der Waals surface area contributed by atoms with Crippen molar-refractivity contribution in [2.45, 2.75) is 39.7 Å². The van der Waals surface area contributed by atoms with E-state index in [-0.39, 0.29) is 17.7 Å². The number of nitrogens with one attached hydrogen (secondary N) is 2. The molecule has 1 saturated heterocycles. The molecular weight excluding hydrogens is 602 g/mol. The van der Waals surface area contributed by atoms with Gasteiger partial charge in [-0.1, -0.05) is 6.07 Å². The summed E-state index contributed by atoms with van der Waals surface area (Å²) in [6.45, 7) is 7.09. The average molecular weight is 640 g/mol. The maximum absolute atomic E-state index is 13.4. The fraction of sp³-hybridized carbons (Fsp3) is 0.294. The Labute approximate surface area is 268 Å². The number of amides is 1. The lowest BCUT2D eigenvalue weighted by Gasteiger charge is -2.34. The minimum Gasteiger partial charge on any atom is -0.437 e. The molecular formula is C34H37N7O4S. The average Bonchev–Trinajstić information content (AvgIpc) is 3.43. The van der Waals surface area contributed by atoms with Crippen LogP contribution in [0.25, 0.3) is 22.4 Å². The number of pyridine rings is 1. The van der Waals surface area contributed by atoms with Crippen LogP contribution in [-0.4, -0.2) is 58.7 Å². The van der Waals surface area contributed by atoms with Crippen molar-refractivity contribution >= 4 is 38.3 Å². The summed E-state index contributed by atoms with van der Waals surface area (Å²) in [6.07, 6.45) is 6.79. The van der Waals surface area contributed by atoms with E-state index in [0.717, 1.165) is 59.3 Å². The molecule has 12 heteroatoms. The molecule has 0 spiro atoms. The van der Waals surface area contributed by atoms with Crippen molar-refractivity contribution in [1.29, 1.82) is 0 Å². The number of aryl methyl sites for hydroxylation is 3. The summed E-state index contributed by atoms with van der Waals surface area (Å²) >= 11 is 0. The number of benzene rings is 2. The molecule has 5 aromatic rings.